The van der Waals surface area contributed by atoms with Crippen LogP contribution < -0.4 is 9.64 Å². The third kappa shape index (κ3) is 4.04. The molecule has 0 saturated carbocycles. The Morgan fingerprint density at radius 1 is 0.625 bits per heavy atom. The second-order valence-electron chi connectivity index (χ2n) is 13.3. The van der Waals surface area contributed by atoms with Crippen LogP contribution in [0.25, 0.3) is 11.3 Å². The molecular formula is C43H34N4O. The number of ether oxygens (including phenoxy) is 1. The lowest BCUT2D eigenvalue weighted by Gasteiger charge is -2.47. The van der Waals surface area contributed by atoms with Gasteiger partial charge in [0.15, 0.2) is 11.5 Å². The highest BCUT2D eigenvalue weighted by Gasteiger charge is 2.49. The third-order valence-corrected chi connectivity index (χ3v) is 10.1. The maximum atomic E-state index is 6.50. The molecule has 5 aromatic carbocycles. The van der Waals surface area contributed by atoms with Crippen LogP contribution in [0.1, 0.15) is 53.1 Å². The Labute approximate surface area is 280 Å². The summed E-state index contributed by atoms with van der Waals surface area (Å²) in [7, 11) is 0. The van der Waals surface area contributed by atoms with Crippen molar-refractivity contribution in [2.45, 2.75) is 31.6 Å². The molecule has 0 bridgehead atoms. The Hall–Kier alpha value is -5.94. The first-order chi connectivity index (χ1) is 23.5. The van der Waals surface area contributed by atoms with Crippen LogP contribution in [0.2, 0.25) is 0 Å². The van der Waals surface area contributed by atoms with E-state index in [-0.39, 0.29) is 5.41 Å². The first-order valence-corrected chi connectivity index (χ1v) is 16.4. The summed E-state index contributed by atoms with van der Waals surface area (Å²) in [4.78, 5) is 7.43. The van der Waals surface area contributed by atoms with Crippen molar-refractivity contribution in [1.29, 1.82) is 0 Å². The molecule has 3 heterocycles. The van der Waals surface area contributed by atoms with Gasteiger partial charge in [-0.05, 0) is 95.4 Å². The number of hydrogen-bond acceptors (Lipinski definition) is 4. The molecule has 1 N–H and O–H groups in total. The number of H-pyrrole nitrogens is 1. The van der Waals surface area contributed by atoms with E-state index in [1.807, 2.05) is 37.4 Å². The Morgan fingerprint density at radius 3 is 2.02 bits per heavy atom. The van der Waals surface area contributed by atoms with Gasteiger partial charge in [-0.25, -0.2) is 0 Å². The van der Waals surface area contributed by atoms with Crippen LogP contribution in [0.4, 0.5) is 17.1 Å². The summed E-state index contributed by atoms with van der Waals surface area (Å²) in [5.41, 5.74) is 12.3. The predicted octanol–water partition coefficient (Wildman–Crippen LogP) is 10.4. The highest BCUT2D eigenvalue weighted by atomic mass is 16.5. The minimum atomic E-state index is -0.650. The molecule has 0 amide bonds. The second kappa shape index (κ2) is 10.5. The molecule has 0 saturated heterocycles. The van der Waals surface area contributed by atoms with E-state index in [4.69, 9.17) is 9.72 Å². The number of pyridine rings is 1. The van der Waals surface area contributed by atoms with E-state index in [2.05, 4.69) is 144 Å². The van der Waals surface area contributed by atoms with Crippen LogP contribution in [0, 0.1) is 6.92 Å². The van der Waals surface area contributed by atoms with Crippen molar-refractivity contribution < 1.29 is 4.74 Å². The molecule has 5 heteroatoms. The third-order valence-electron chi connectivity index (χ3n) is 10.1. The van der Waals surface area contributed by atoms with Gasteiger partial charge in [-0.3, -0.25) is 10.1 Å². The number of nitrogens with one attached hydrogen (secondary N) is 1. The molecule has 7 aromatic rings. The molecule has 48 heavy (non-hydrogen) atoms. The van der Waals surface area contributed by atoms with Crippen molar-refractivity contribution in [3.8, 4) is 22.8 Å². The average molecular weight is 623 g/mol. The molecule has 5 nitrogen and oxygen atoms in total. The zero-order valence-corrected chi connectivity index (χ0v) is 27.1. The quantitative estimate of drug-likeness (QED) is 0.212. The van der Waals surface area contributed by atoms with E-state index in [9.17, 15) is 0 Å². The maximum absolute atomic E-state index is 6.50. The van der Waals surface area contributed by atoms with Crippen molar-refractivity contribution in [3.63, 3.8) is 0 Å². The molecule has 0 spiro atoms. The number of benzene rings is 5. The lowest BCUT2D eigenvalue weighted by atomic mass is 9.55. The van der Waals surface area contributed by atoms with Gasteiger partial charge in [-0.1, -0.05) is 92.7 Å². The first-order valence-electron chi connectivity index (χ1n) is 16.4. The molecule has 0 radical (unpaired) electrons. The van der Waals surface area contributed by atoms with Gasteiger partial charge in [0.05, 0.1) is 28.2 Å². The van der Waals surface area contributed by atoms with Gasteiger partial charge in [0, 0.05) is 28.6 Å². The fourth-order valence-corrected chi connectivity index (χ4v) is 7.96. The lowest BCUT2D eigenvalue weighted by Crippen LogP contribution is -2.42. The number of aryl methyl sites for hydroxylation is 1. The fraction of sp³-hybridized carbons (Fsp3) is 0.116. The second-order valence-corrected chi connectivity index (χ2v) is 13.3. The van der Waals surface area contributed by atoms with E-state index in [0.717, 1.165) is 56.8 Å². The van der Waals surface area contributed by atoms with Gasteiger partial charge in [-0.2, -0.15) is 5.10 Å². The zero-order chi connectivity index (χ0) is 32.5. The van der Waals surface area contributed by atoms with Crippen molar-refractivity contribution in [2.75, 3.05) is 4.90 Å². The molecule has 0 fully saturated rings. The Bertz CT molecular complexity index is 2290. The minimum absolute atomic E-state index is 0.188. The van der Waals surface area contributed by atoms with E-state index >= 15 is 0 Å². The highest BCUT2D eigenvalue weighted by molar-refractivity contribution is 5.88. The largest absolute Gasteiger partial charge is 0.453 e. The summed E-state index contributed by atoms with van der Waals surface area (Å²) >= 11 is 0. The summed E-state index contributed by atoms with van der Waals surface area (Å²) in [6, 6.07) is 49.7. The maximum Gasteiger partial charge on any atom is 0.151 e. The Morgan fingerprint density at radius 2 is 1.31 bits per heavy atom. The van der Waals surface area contributed by atoms with Gasteiger partial charge >= 0.3 is 0 Å². The average Bonchev–Trinajstić information content (AvgIpc) is 3.57. The summed E-state index contributed by atoms with van der Waals surface area (Å²) in [5.74, 6) is 1.61. The summed E-state index contributed by atoms with van der Waals surface area (Å²) in [6.45, 7) is 6.69. The number of fused-ring (bicyclic) bond motifs is 4. The van der Waals surface area contributed by atoms with Crippen LogP contribution in [-0.2, 0) is 10.8 Å². The standard InChI is InChI=1S/C43H34N4O/c1-28-25-36(46-45-28)29-22-23-40-38(26-29)47(37-19-8-9-20-39(37)48-40)31-14-12-13-30(27-31)43(41-21-10-11-24-44-41)34-17-6-4-15-32(34)42(2,3)33-16-5-7-18-35(33)43/h4-27H,1-3H3,(H,45,46). The van der Waals surface area contributed by atoms with Gasteiger partial charge < -0.3 is 9.64 Å². The van der Waals surface area contributed by atoms with Gasteiger partial charge in [0.2, 0.25) is 0 Å². The van der Waals surface area contributed by atoms with E-state index in [1.54, 1.807) is 0 Å². The number of aromatic amines is 1. The zero-order valence-electron chi connectivity index (χ0n) is 27.1. The number of para-hydroxylation sites is 2. The van der Waals surface area contributed by atoms with Crippen molar-refractivity contribution in [2.24, 2.45) is 0 Å². The van der Waals surface area contributed by atoms with Gasteiger partial charge in [0.1, 0.15) is 0 Å². The molecule has 232 valence electrons. The minimum Gasteiger partial charge on any atom is -0.453 e. The molecule has 0 unspecified atom stereocenters. The monoisotopic (exact) mass is 622 g/mol. The van der Waals surface area contributed by atoms with Crippen molar-refractivity contribution in [1.82, 2.24) is 15.2 Å². The molecule has 2 aromatic heterocycles. The van der Waals surface area contributed by atoms with Gasteiger partial charge in [-0.15, -0.1) is 0 Å². The van der Waals surface area contributed by atoms with Gasteiger partial charge in [0.25, 0.3) is 0 Å². The van der Waals surface area contributed by atoms with Crippen molar-refractivity contribution in [3.05, 3.63) is 185 Å². The van der Waals surface area contributed by atoms with E-state index < -0.39 is 5.41 Å². The smallest absolute Gasteiger partial charge is 0.151 e. The number of rotatable bonds is 4. The number of nitrogens with zero attached hydrogens (tertiary/aromatic N) is 3. The van der Waals surface area contributed by atoms with Crippen LogP contribution in [0.3, 0.4) is 0 Å². The van der Waals surface area contributed by atoms with E-state index in [0.29, 0.717) is 0 Å². The predicted molar refractivity (Wildman–Crippen MR) is 192 cm³/mol. The normalized spacial score (nSPS) is 15.0. The molecule has 9 rings (SSSR count). The first kappa shape index (κ1) is 28.3. The van der Waals surface area contributed by atoms with Crippen LogP contribution in [-0.4, -0.2) is 15.2 Å². The number of anilines is 3. The fourth-order valence-electron chi connectivity index (χ4n) is 7.96. The highest BCUT2D eigenvalue weighted by Crippen LogP contribution is 2.57. The van der Waals surface area contributed by atoms with Crippen molar-refractivity contribution >= 4 is 17.1 Å². The topological polar surface area (TPSA) is 54.0 Å². The van der Waals surface area contributed by atoms with E-state index in [1.165, 1.54) is 22.3 Å². The summed E-state index contributed by atoms with van der Waals surface area (Å²) in [5, 5.41) is 7.65. The van der Waals surface area contributed by atoms with Crippen LogP contribution in [0.15, 0.2) is 146 Å². The Kier molecular flexibility index (Phi) is 6.21. The Balaban J connectivity index is 1.32. The summed E-state index contributed by atoms with van der Waals surface area (Å²) in [6.07, 6.45) is 1.92. The SMILES string of the molecule is Cc1cc(-c2ccc3c(c2)N(c2cccc(C4(c5ccccn5)c5ccccc5C(C)(C)c5ccccc54)c2)c2ccccc2O3)n[nH]1. The molecule has 2 aliphatic rings. The summed E-state index contributed by atoms with van der Waals surface area (Å²) < 4.78 is 6.50. The van der Waals surface area contributed by atoms with Crippen LogP contribution >= 0.6 is 0 Å². The molecular weight excluding hydrogens is 589 g/mol. The number of aromatic nitrogens is 3. The molecule has 1 aliphatic heterocycles. The lowest BCUT2D eigenvalue weighted by molar-refractivity contribution is 0.477. The molecule has 1 aliphatic carbocycles. The molecule has 0 atom stereocenters. The number of hydrogen-bond donors (Lipinski definition) is 1. The van der Waals surface area contributed by atoms with Crippen LogP contribution in [0.5, 0.6) is 11.5 Å².